The van der Waals surface area contributed by atoms with Crippen molar-refractivity contribution in [3.05, 3.63) is 34.9 Å². The number of piperidine rings is 1. The number of nitrogens with one attached hydrogen (secondary N) is 1. The van der Waals surface area contributed by atoms with Crippen molar-refractivity contribution in [3.63, 3.8) is 0 Å². The van der Waals surface area contributed by atoms with Crippen LogP contribution in [0.25, 0.3) is 0 Å². The van der Waals surface area contributed by atoms with Gasteiger partial charge in [0.2, 0.25) is 11.8 Å². The largest absolute Gasteiger partial charge is 0.356 e. The molecule has 2 aliphatic rings. The lowest BCUT2D eigenvalue weighted by Gasteiger charge is -2.35. The molecule has 148 valence electrons. The van der Waals surface area contributed by atoms with Crippen molar-refractivity contribution in [3.8, 4) is 0 Å². The predicted octanol–water partition coefficient (Wildman–Crippen LogP) is 4.06. The van der Waals surface area contributed by atoms with E-state index < -0.39 is 0 Å². The van der Waals surface area contributed by atoms with Gasteiger partial charge in [0.15, 0.2) is 0 Å². The maximum Gasteiger partial charge on any atom is 0.225 e. The summed E-state index contributed by atoms with van der Waals surface area (Å²) in [7, 11) is 0. The lowest BCUT2D eigenvalue weighted by Crippen LogP contribution is -2.43. The molecule has 0 spiro atoms. The Kier molecular flexibility index (Phi) is 7.17. The van der Waals surface area contributed by atoms with Gasteiger partial charge in [0.05, 0.1) is 0 Å². The molecule has 1 saturated heterocycles. The zero-order valence-corrected chi connectivity index (χ0v) is 17.0. The van der Waals surface area contributed by atoms with E-state index in [1.54, 1.807) is 0 Å². The van der Waals surface area contributed by atoms with E-state index in [-0.39, 0.29) is 17.7 Å². The third kappa shape index (κ3) is 5.71. The second kappa shape index (κ2) is 9.59. The number of carbonyl (C=O) groups is 2. The average Bonchev–Trinajstić information content (AvgIpc) is 2.69. The normalized spacial score (nSPS) is 23.9. The maximum atomic E-state index is 12.7. The first kappa shape index (κ1) is 20.2. The minimum absolute atomic E-state index is 0.0562. The molecule has 0 unspecified atom stereocenters. The van der Waals surface area contributed by atoms with Gasteiger partial charge in [-0.15, -0.1) is 0 Å². The fourth-order valence-corrected chi connectivity index (χ4v) is 4.34. The van der Waals surface area contributed by atoms with Gasteiger partial charge in [0.25, 0.3) is 0 Å². The molecule has 1 aliphatic heterocycles. The van der Waals surface area contributed by atoms with Gasteiger partial charge in [-0.25, -0.2) is 0 Å². The lowest BCUT2D eigenvalue weighted by molar-refractivity contribution is -0.139. The Morgan fingerprint density at radius 2 is 1.59 bits per heavy atom. The third-order valence-electron chi connectivity index (χ3n) is 6.17. The first-order valence-electron chi connectivity index (χ1n) is 10.3. The van der Waals surface area contributed by atoms with Gasteiger partial charge in [0, 0.05) is 36.5 Å². The van der Waals surface area contributed by atoms with Crippen LogP contribution in [0.3, 0.4) is 0 Å². The van der Waals surface area contributed by atoms with Gasteiger partial charge in [-0.1, -0.05) is 30.7 Å². The number of amides is 2. The molecule has 2 amide bonds. The summed E-state index contributed by atoms with van der Waals surface area (Å²) < 4.78 is 0. The smallest absolute Gasteiger partial charge is 0.225 e. The average molecular weight is 391 g/mol. The molecular formula is C22H31ClN2O2. The number of likely N-dealkylation sites (tertiary alicyclic amines) is 1. The number of carbonyl (C=O) groups excluding carboxylic acids is 2. The molecule has 1 N–H and O–H groups in total. The van der Waals surface area contributed by atoms with Crippen LogP contribution in [0.5, 0.6) is 0 Å². The predicted molar refractivity (Wildman–Crippen MR) is 109 cm³/mol. The molecule has 1 saturated carbocycles. The zero-order valence-electron chi connectivity index (χ0n) is 16.3. The summed E-state index contributed by atoms with van der Waals surface area (Å²) in [6.45, 7) is 4.72. The van der Waals surface area contributed by atoms with Gasteiger partial charge < -0.3 is 10.2 Å². The molecule has 0 bridgehead atoms. The summed E-state index contributed by atoms with van der Waals surface area (Å²) in [4.78, 5) is 27.2. The van der Waals surface area contributed by atoms with Crippen molar-refractivity contribution in [2.45, 2.75) is 51.9 Å². The first-order valence-corrected chi connectivity index (χ1v) is 10.7. The Bertz CT molecular complexity index is 630. The van der Waals surface area contributed by atoms with Crippen LogP contribution in [0.15, 0.2) is 24.3 Å². The van der Waals surface area contributed by atoms with Gasteiger partial charge in [-0.05, 0) is 68.6 Å². The Balaban J connectivity index is 1.37. The van der Waals surface area contributed by atoms with Crippen molar-refractivity contribution in [1.29, 1.82) is 0 Å². The van der Waals surface area contributed by atoms with Crippen LogP contribution < -0.4 is 5.32 Å². The van der Waals surface area contributed by atoms with Gasteiger partial charge >= 0.3 is 0 Å². The molecule has 2 fully saturated rings. The number of nitrogens with zero attached hydrogens (tertiary/aromatic N) is 1. The summed E-state index contributed by atoms with van der Waals surface area (Å²) in [5, 5.41) is 3.79. The van der Waals surface area contributed by atoms with E-state index in [0.29, 0.717) is 12.5 Å². The molecule has 5 heteroatoms. The second-order valence-corrected chi connectivity index (χ2v) is 8.66. The van der Waals surface area contributed by atoms with Crippen LogP contribution >= 0.6 is 11.6 Å². The number of halogens is 1. The third-order valence-corrected chi connectivity index (χ3v) is 6.42. The van der Waals surface area contributed by atoms with Crippen LogP contribution in [0, 0.1) is 17.8 Å². The van der Waals surface area contributed by atoms with E-state index in [9.17, 15) is 9.59 Å². The molecule has 27 heavy (non-hydrogen) atoms. The van der Waals surface area contributed by atoms with Crippen LogP contribution in [0.1, 0.15) is 51.0 Å². The summed E-state index contributed by atoms with van der Waals surface area (Å²) in [5.41, 5.74) is 1.17. The summed E-state index contributed by atoms with van der Waals surface area (Å²) >= 11 is 5.89. The monoisotopic (exact) mass is 390 g/mol. The Labute approximate surface area is 167 Å². The van der Waals surface area contributed by atoms with E-state index in [4.69, 9.17) is 11.6 Å². The Morgan fingerprint density at radius 3 is 2.22 bits per heavy atom. The molecule has 4 nitrogen and oxygen atoms in total. The highest BCUT2D eigenvalue weighted by Crippen LogP contribution is 2.31. The van der Waals surface area contributed by atoms with Crippen LogP contribution in [-0.4, -0.2) is 36.3 Å². The fraction of sp³-hybridized carbons (Fsp3) is 0.636. The molecular weight excluding hydrogens is 360 g/mol. The number of hydrogen-bond acceptors (Lipinski definition) is 2. The Hall–Kier alpha value is -1.55. The minimum Gasteiger partial charge on any atom is -0.356 e. The number of benzene rings is 1. The van der Waals surface area contributed by atoms with Crippen molar-refractivity contribution in [1.82, 2.24) is 10.2 Å². The molecule has 1 aromatic rings. The quantitative estimate of drug-likeness (QED) is 0.824. The standard InChI is InChI=1S/C22H31ClN2O2/c1-16-11-14-25(15-12-16)22(27)19-6-4-18(5-7-19)21(26)24-13-10-17-2-8-20(23)9-3-17/h2-3,8-9,16,18-19H,4-7,10-15H2,1H3,(H,24,26). The maximum absolute atomic E-state index is 12.7. The number of rotatable bonds is 5. The molecule has 1 aliphatic carbocycles. The molecule has 1 heterocycles. The molecule has 0 atom stereocenters. The summed E-state index contributed by atoms with van der Waals surface area (Å²) in [5.74, 6) is 1.38. The van der Waals surface area contributed by atoms with Crippen LogP contribution in [0.2, 0.25) is 5.02 Å². The summed E-state index contributed by atoms with van der Waals surface area (Å²) in [6.07, 6.45) is 6.40. The summed E-state index contributed by atoms with van der Waals surface area (Å²) in [6, 6.07) is 7.74. The fourth-order valence-electron chi connectivity index (χ4n) is 4.22. The highest BCUT2D eigenvalue weighted by atomic mass is 35.5. The first-order chi connectivity index (χ1) is 13.0. The SMILES string of the molecule is CC1CCN(C(=O)C2CCC(C(=O)NCCc3ccc(Cl)cc3)CC2)CC1. The highest BCUT2D eigenvalue weighted by molar-refractivity contribution is 6.30. The Morgan fingerprint density at radius 1 is 1.00 bits per heavy atom. The van der Waals surface area contributed by atoms with E-state index >= 15 is 0 Å². The lowest BCUT2D eigenvalue weighted by atomic mass is 9.80. The number of hydrogen-bond donors (Lipinski definition) is 1. The van der Waals surface area contributed by atoms with Crippen molar-refractivity contribution in [2.24, 2.45) is 17.8 Å². The zero-order chi connectivity index (χ0) is 19.2. The van der Waals surface area contributed by atoms with Gasteiger partial charge in [0.1, 0.15) is 0 Å². The molecule has 3 rings (SSSR count). The second-order valence-electron chi connectivity index (χ2n) is 8.22. The molecule has 1 aromatic carbocycles. The van der Waals surface area contributed by atoms with Crippen LogP contribution in [0.4, 0.5) is 0 Å². The van der Waals surface area contributed by atoms with E-state index in [1.807, 2.05) is 24.3 Å². The van der Waals surface area contributed by atoms with Gasteiger partial charge in [-0.2, -0.15) is 0 Å². The van der Waals surface area contributed by atoms with E-state index in [0.717, 1.165) is 69.0 Å². The van der Waals surface area contributed by atoms with Crippen molar-refractivity contribution in [2.75, 3.05) is 19.6 Å². The van der Waals surface area contributed by atoms with Crippen molar-refractivity contribution >= 4 is 23.4 Å². The van der Waals surface area contributed by atoms with E-state index in [1.165, 1.54) is 5.56 Å². The molecule has 0 aromatic heterocycles. The van der Waals surface area contributed by atoms with E-state index in [2.05, 4.69) is 17.1 Å². The highest BCUT2D eigenvalue weighted by Gasteiger charge is 2.32. The minimum atomic E-state index is 0.0562. The van der Waals surface area contributed by atoms with Crippen LogP contribution in [-0.2, 0) is 16.0 Å². The van der Waals surface area contributed by atoms with Gasteiger partial charge in [-0.3, -0.25) is 9.59 Å². The molecule has 0 radical (unpaired) electrons. The topological polar surface area (TPSA) is 49.4 Å². The van der Waals surface area contributed by atoms with Crippen molar-refractivity contribution < 1.29 is 9.59 Å².